The summed E-state index contributed by atoms with van der Waals surface area (Å²) in [5.41, 5.74) is 6.27. The van der Waals surface area contributed by atoms with Crippen molar-refractivity contribution in [1.82, 2.24) is 0 Å². The number of benzene rings is 1. The first-order valence-corrected chi connectivity index (χ1v) is 5.33. The van der Waals surface area contributed by atoms with E-state index in [-0.39, 0.29) is 11.6 Å². The maximum absolute atomic E-state index is 13.5. The van der Waals surface area contributed by atoms with Gasteiger partial charge in [0.05, 0.1) is 14.2 Å². The number of hydrogen-bond acceptors (Lipinski definition) is 3. The molecule has 90 valence electrons. The Morgan fingerprint density at radius 1 is 1.12 bits per heavy atom. The van der Waals surface area contributed by atoms with E-state index in [2.05, 4.69) is 0 Å². The van der Waals surface area contributed by atoms with Crippen LogP contribution in [0.5, 0.6) is 11.5 Å². The molecule has 2 N–H and O–H groups in total. The molecule has 0 aliphatic rings. The minimum atomic E-state index is -0.356. The molecule has 0 aromatic heterocycles. The van der Waals surface area contributed by atoms with E-state index in [1.54, 1.807) is 13.2 Å². The SMILES string of the molecule is COc1cc(OC)c(CCCCN)cc1F. The number of nitrogens with two attached hydrogens (primary N) is 1. The van der Waals surface area contributed by atoms with E-state index in [1.807, 2.05) is 0 Å². The zero-order valence-electron chi connectivity index (χ0n) is 9.75. The third-order valence-electron chi connectivity index (χ3n) is 2.46. The van der Waals surface area contributed by atoms with Crippen LogP contribution in [0.1, 0.15) is 18.4 Å². The molecule has 1 rings (SSSR count). The standard InChI is InChI=1S/C12H18FNO2/c1-15-11-8-12(16-2)10(13)7-9(11)5-3-4-6-14/h7-8H,3-6,14H2,1-2H3. The van der Waals surface area contributed by atoms with Gasteiger partial charge in [-0.05, 0) is 37.4 Å². The van der Waals surface area contributed by atoms with Gasteiger partial charge in [-0.2, -0.15) is 0 Å². The summed E-state index contributed by atoms with van der Waals surface area (Å²) in [6.45, 7) is 0.654. The first kappa shape index (κ1) is 12.8. The molecule has 16 heavy (non-hydrogen) atoms. The monoisotopic (exact) mass is 227 g/mol. The molecule has 0 atom stereocenters. The van der Waals surface area contributed by atoms with Crippen LogP contribution >= 0.6 is 0 Å². The van der Waals surface area contributed by atoms with Crippen molar-refractivity contribution in [2.45, 2.75) is 19.3 Å². The summed E-state index contributed by atoms with van der Waals surface area (Å²) in [5, 5.41) is 0. The quantitative estimate of drug-likeness (QED) is 0.757. The van der Waals surface area contributed by atoms with Crippen molar-refractivity contribution in [2.75, 3.05) is 20.8 Å². The molecule has 0 radical (unpaired) electrons. The van der Waals surface area contributed by atoms with E-state index in [4.69, 9.17) is 15.2 Å². The largest absolute Gasteiger partial charge is 0.496 e. The predicted molar refractivity (Wildman–Crippen MR) is 61.5 cm³/mol. The molecule has 0 unspecified atom stereocenters. The molecule has 0 aliphatic heterocycles. The van der Waals surface area contributed by atoms with Gasteiger partial charge in [0.1, 0.15) is 5.75 Å². The van der Waals surface area contributed by atoms with E-state index >= 15 is 0 Å². The molecule has 0 saturated carbocycles. The van der Waals surface area contributed by atoms with Crippen molar-refractivity contribution < 1.29 is 13.9 Å². The van der Waals surface area contributed by atoms with Gasteiger partial charge >= 0.3 is 0 Å². The van der Waals surface area contributed by atoms with E-state index in [1.165, 1.54) is 13.2 Å². The Balaban J connectivity index is 2.85. The Hall–Kier alpha value is -1.29. The van der Waals surface area contributed by atoms with Crippen molar-refractivity contribution in [3.05, 3.63) is 23.5 Å². The van der Waals surface area contributed by atoms with E-state index in [0.717, 1.165) is 24.8 Å². The Labute approximate surface area is 95.4 Å². The molecular weight excluding hydrogens is 209 g/mol. The average molecular weight is 227 g/mol. The lowest BCUT2D eigenvalue weighted by atomic mass is 10.1. The summed E-state index contributed by atoms with van der Waals surface area (Å²) >= 11 is 0. The summed E-state index contributed by atoms with van der Waals surface area (Å²) in [4.78, 5) is 0. The van der Waals surface area contributed by atoms with Crippen molar-refractivity contribution >= 4 is 0 Å². The molecule has 0 saturated heterocycles. The van der Waals surface area contributed by atoms with Gasteiger partial charge in [-0.1, -0.05) is 0 Å². The summed E-state index contributed by atoms with van der Waals surface area (Å²) in [6, 6.07) is 3.04. The highest BCUT2D eigenvalue weighted by molar-refractivity contribution is 5.41. The van der Waals surface area contributed by atoms with Crippen LogP contribution in [0.4, 0.5) is 4.39 Å². The van der Waals surface area contributed by atoms with Crippen LogP contribution in [-0.4, -0.2) is 20.8 Å². The van der Waals surface area contributed by atoms with Crippen molar-refractivity contribution in [2.24, 2.45) is 5.73 Å². The molecular formula is C12H18FNO2. The molecule has 1 aromatic rings. The highest BCUT2D eigenvalue weighted by Crippen LogP contribution is 2.28. The molecule has 0 heterocycles. The van der Waals surface area contributed by atoms with Crippen LogP contribution in [0.25, 0.3) is 0 Å². The van der Waals surface area contributed by atoms with Gasteiger partial charge in [0.2, 0.25) is 0 Å². The maximum atomic E-state index is 13.5. The van der Waals surface area contributed by atoms with E-state index in [9.17, 15) is 4.39 Å². The lowest BCUT2D eigenvalue weighted by Crippen LogP contribution is -2.01. The molecule has 0 aliphatic carbocycles. The normalized spacial score (nSPS) is 10.2. The number of hydrogen-bond donors (Lipinski definition) is 1. The average Bonchev–Trinajstić information content (AvgIpc) is 2.30. The van der Waals surface area contributed by atoms with Crippen molar-refractivity contribution in [3.63, 3.8) is 0 Å². The Morgan fingerprint density at radius 2 is 1.81 bits per heavy atom. The smallest absolute Gasteiger partial charge is 0.165 e. The fourth-order valence-electron chi connectivity index (χ4n) is 1.58. The number of unbranched alkanes of at least 4 members (excludes halogenated alkanes) is 1. The number of halogens is 1. The lowest BCUT2D eigenvalue weighted by molar-refractivity contribution is 0.371. The van der Waals surface area contributed by atoms with Gasteiger partial charge in [0.25, 0.3) is 0 Å². The predicted octanol–water partition coefficient (Wildman–Crippen LogP) is 2.12. The Morgan fingerprint density at radius 3 is 2.38 bits per heavy atom. The maximum Gasteiger partial charge on any atom is 0.165 e. The van der Waals surface area contributed by atoms with Crippen LogP contribution in [0.3, 0.4) is 0 Å². The van der Waals surface area contributed by atoms with Gasteiger partial charge in [-0.3, -0.25) is 0 Å². The topological polar surface area (TPSA) is 44.5 Å². The van der Waals surface area contributed by atoms with Crippen molar-refractivity contribution in [1.29, 1.82) is 0 Å². The summed E-state index contributed by atoms with van der Waals surface area (Å²) in [5.74, 6) is 0.515. The zero-order chi connectivity index (χ0) is 12.0. The Bertz CT molecular complexity index is 342. The van der Waals surface area contributed by atoms with Gasteiger partial charge in [0.15, 0.2) is 11.6 Å². The van der Waals surface area contributed by atoms with Gasteiger partial charge in [-0.15, -0.1) is 0 Å². The first-order chi connectivity index (χ1) is 7.72. The third kappa shape index (κ3) is 3.10. The molecule has 3 nitrogen and oxygen atoms in total. The van der Waals surface area contributed by atoms with Crippen molar-refractivity contribution in [3.8, 4) is 11.5 Å². The number of rotatable bonds is 6. The zero-order valence-corrected chi connectivity index (χ0v) is 9.75. The van der Waals surface area contributed by atoms with E-state index < -0.39 is 0 Å². The summed E-state index contributed by atoms with van der Waals surface area (Å²) in [6.07, 6.45) is 2.62. The Kier molecular flexibility index (Phi) is 5.05. The van der Waals surface area contributed by atoms with Crippen LogP contribution in [0, 0.1) is 5.82 Å². The lowest BCUT2D eigenvalue weighted by Gasteiger charge is -2.11. The number of aryl methyl sites for hydroxylation is 1. The minimum absolute atomic E-state index is 0.208. The van der Waals surface area contributed by atoms with Crippen LogP contribution in [0.15, 0.2) is 12.1 Å². The fraction of sp³-hybridized carbons (Fsp3) is 0.500. The van der Waals surface area contributed by atoms with Gasteiger partial charge in [0, 0.05) is 6.07 Å². The minimum Gasteiger partial charge on any atom is -0.496 e. The van der Waals surface area contributed by atoms with Gasteiger partial charge in [-0.25, -0.2) is 4.39 Å². The van der Waals surface area contributed by atoms with E-state index in [0.29, 0.717) is 12.3 Å². The second-order valence-corrected chi connectivity index (χ2v) is 3.54. The van der Waals surface area contributed by atoms with Crippen LogP contribution in [0.2, 0.25) is 0 Å². The third-order valence-corrected chi connectivity index (χ3v) is 2.46. The number of ether oxygens (including phenoxy) is 2. The molecule has 0 amide bonds. The highest BCUT2D eigenvalue weighted by Gasteiger charge is 2.10. The molecule has 4 heteroatoms. The molecule has 0 bridgehead atoms. The number of methoxy groups -OCH3 is 2. The highest BCUT2D eigenvalue weighted by atomic mass is 19.1. The molecule has 0 spiro atoms. The second kappa shape index (κ2) is 6.33. The first-order valence-electron chi connectivity index (χ1n) is 5.33. The summed E-state index contributed by atoms with van der Waals surface area (Å²) in [7, 11) is 3.01. The van der Waals surface area contributed by atoms with Crippen LogP contribution in [-0.2, 0) is 6.42 Å². The van der Waals surface area contributed by atoms with Gasteiger partial charge < -0.3 is 15.2 Å². The van der Waals surface area contributed by atoms with Crippen LogP contribution < -0.4 is 15.2 Å². The molecule has 0 fully saturated rings. The summed E-state index contributed by atoms with van der Waals surface area (Å²) < 4.78 is 23.6. The molecule has 1 aromatic carbocycles. The second-order valence-electron chi connectivity index (χ2n) is 3.54. The fourth-order valence-corrected chi connectivity index (χ4v) is 1.58.